The molecule has 0 bridgehead atoms. The number of hydrogen-bond donors (Lipinski definition) is 2. The van der Waals surface area contributed by atoms with Gasteiger partial charge in [-0.05, 0) is 44.1 Å². The zero-order chi connectivity index (χ0) is 13.1. The van der Waals surface area contributed by atoms with E-state index in [0.29, 0.717) is 12.1 Å². The fourth-order valence-electron chi connectivity index (χ4n) is 2.51. The summed E-state index contributed by atoms with van der Waals surface area (Å²) in [6.45, 7) is 3.98. The zero-order valence-electron chi connectivity index (χ0n) is 10.9. The first kappa shape index (κ1) is 12.2. The number of aromatic nitrogens is 2. The number of H-pyrrole nitrogens is 1. The summed E-state index contributed by atoms with van der Waals surface area (Å²) in [6.07, 6.45) is 4.20. The number of aromatic amines is 1. The molecule has 2 heterocycles. The Kier molecular flexibility index (Phi) is 3.46. The van der Waals surface area contributed by atoms with Gasteiger partial charge in [0.25, 0.3) is 5.91 Å². The molecule has 1 aromatic carbocycles. The second kappa shape index (κ2) is 5.40. The number of hydrogen-bond acceptors (Lipinski definition) is 3. The Balaban J connectivity index is 1.56. The van der Waals surface area contributed by atoms with Gasteiger partial charge in [0.05, 0.1) is 17.4 Å². The van der Waals surface area contributed by atoms with Crippen molar-refractivity contribution < 1.29 is 4.79 Å². The van der Waals surface area contributed by atoms with E-state index in [1.165, 1.54) is 12.8 Å². The Morgan fingerprint density at radius 2 is 2.21 bits per heavy atom. The van der Waals surface area contributed by atoms with Crippen LogP contribution in [0.1, 0.15) is 23.2 Å². The molecular formula is C14H18N4O. The molecule has 100 valence electrons. The van der Waals surface area contributed by atoms with E-state index in [9.17, 15) is 4.79 Å². The molecule has 1 aliphatic heterocycles. The monoisotopic (exact) mass is 258 g/mol. The van der Waals surface area contributed by atoms with Crippen LogP contribution < -0.4 is 5.32 Å². The van der Waals surface area contributed by atoms with Crippen molar-refractivity contribution in [2.75, 3.05) is 26.2 Å². The van der Waals surface area contributed by atoms with Crippen LogP contribution in [0.4, 0.5) is 0 Å². The van der Waals surface area contributed by atoms with Gasteiger partial charge in [-0.3, -0.25) is 4.79 Å². The lowest BCUT2D eigenvalue weighted by molar-refractivity contribution is 0.0950. The molecular weight excluding hydrogens is 240 g/mol. The summed E-state index contributed by atoms with van der Waals surface area (Å²) < 4.78 is 0. The fraction of sp³-hybridized carbons (Fsp3) is 0.429. The van der Waals surface area contributed by atoms with Crippen molar-refractivity contribution in [2.45, 2.75) is 12.8 Å². The lowest BCUT2D eigenvalue weighted by Gasteiger charge is -2.14. The largest absolute Gasteiger partial charge is 0.351 e. The van der Waals surface area contributed by atoms with Gasteiger partial charge >= 0.3 is 0 Å². The number of nitrogens with zero attached hydrogens (tertiary/aromatic N) is 2. The van der Waals surface area contributed by atoms with Gasteiger partial charge in [-0.2, -0.15) is 0 Å². The average molecular weight is 258 g/mol. The minimum atomic E-state index is -0.0179. The van der Waals surface area contributed by atoms with Gasteiger partial charge in [-0.15, -0.1) is 0 Å². The van der Waals surface area contributed by atoms with E-state index in [0.717, 1.165) is 30.7 Å². The molecule has 2 aromatic rings. The van der Waals surface area contributed by atoms with Crippen LogP contribution in [0.3, 0.4) is 0 Å². The highest BCUT2D eigenvalue weighted by Crippen LogP contribution is 2.11. The Morgan fingerprint density at radius 3 is 3.05 bits per heavy atom. The molecule has 1 aromatic heterocycles. The molecule has 5 heteroatoms. The normalized spacial score (nSPS) is 16.0. The Morgan fingerprint density at radius 1 is 1.37 bits per heavy atom. The van der Waals surface area contributed by atoms with E-state index < -0.39 is 0 Å². The Hall–Kier alpha value is -1.88. The van der Waals surface area contributed by atoms with Gasteiger partial charge < -0.3 is 15.2 Å². The van der Waals surface area contributed by atoms with E-state index >= 15 is 0 Å². The summed E-state index contributed by atoms with van der Waals surface area (Å²) in [5, 5.41) is 2.97. The maximum absolute atomic E-state index is 12.0. The minimum Gasteiger partial charge on any atom is -0.351 e. The molecule has 0 atom stereocenters. The van der Waals surface area contributed by atoms with Crippen LogP contribution in [-0.4, -0.2) is 47.0 Å². The van der Waals surface area contributed by atoms with Gasteiger partial charge in [0.15, 0.2) is 0 Å². The number of carbonyl (C=O) groups excluding carboxylic acids is 1. The Bertz CT molecular complexity index is 572. The van der Waals surface area contributed by atoms with Crippen molar-refractivity contribution >= 4 is 16.9 Å². The lowest BCUT2D eigenvalue weighted by Crippen LogP contribution is -2.33. The molecule has 1 aliphatic rings. The zero-order valence-corrected chi connectivity index (χ0v) is 10.9. The highest BCUT2D eigenvalue weighted by Gasteiger charge is 2.12. The molecule has 0 saturated carbocycles. The van der Waals surface area contributed by atoms with E-state index in [1.54, 1.807) is 6.33 Å². The quantitative estimate of drug-likeness (QED) is 0.871. The first-order valence-corrected chi connectivity index (χ1v) is 6.76. The summed E-state index contributed by atoms with van der Waals surface area (Å²) in [5.74, 6) is -0.0179. The first-order valence-electron chi connectivity index (χ1n) is 6.76. The molecule has 2 N–H and O–H groups in total. The van der Waals surface area contributed by atoms with Crippen LogP contribution in [0, 0.1) is 0 Å². The second-order valence-corrected chi connectivity index (χ2v) is 4.94. The third-order valence-electron chi connectivity index (χ3n) is 3.59. The molecule has 19 heavy (non-hydrogen) atoms. The number of carbonyl (C=O) groups is 1. The number of imidazole rings is 1. The highest BCUT2D eigenvalue weighted by atomic mass is 16.1. The maximum atomic E-state index is 12.0. The third-order valence-corrected chi connectivity index (χ3v) is 3.59. The molecule has 0 aliphatic carbocycles. The lowest BCUT2D eigenvalue weighted by atomic mass is 10.2. The van der Waals surface area contributed by atoms with Crippen molar-refractivity contribution in [3.63, 3.8) is 0 Å². The van der Waals surface area contributed by atoms with Gasteiger partial charge in [0.2, 0.25) is 0 Å². The molecule has 5 nitrogen and oxygen atoms in total. The predicted molar refractivity (Wildman–Crippen MR) is 74.1 cm³/mol. The number of fused-ring (bicyclic) bond motifs is 1. The smallest absolute Gasteiger partial charge is 0.251 e. The first-order chi connectivity index (χ1) is 9.33. The number of benzene rings is 1. The Labute approximate surface area is 112 Å². The number of amides is 1. The van der Waals surface area contributed by atoms with Crippen LogP contribution in [0.25, 0.3) is 11.0 Å². The van der Waals surface area contributed by atoms with Gasteiger partial charge in [-0.1, -0.05) is 0 Å². The minimum absolute atomic E-state index is 0.0179. The molecule has 3 rings (SSSR count). The second-order valence-electron chi connectivity index (χ2n) is 4.94. The summed E-state index contributed by atoms with van der Waals surface area (Å²) in [4.78, 5) is 21.6. The van der Waals surface area contributed by atoms with Crippen LogP contribution in [0.2, 0.25) is 0 Å². The third kappa shape index (κ3) is 2.76. The van der Waals surface area contributed by atoms with E-state index in [4.69, 9.17) is 0 Å². The maximum Gasteiger partial charge on any atom is 0.251 e. The molecule has 1 amide bonds. The van der Waals surface area contributed by atoms with Crippen LogP contribution >= 0.6 is 0 Å². The standard InChI is InChI=1S/C14H18N4O/c19-14(15-5-8-18-6-1-2-7-18)11-3-4-12-13(9-11)17-10-16-12/h3-4,9-10H,1-2,5-8H2,(H,15,19)(H,16,17). The number of likely N-dealkylation sites (tertiary alicyclic amines) is 1. The van der Waals surface area contributed by atoms with Crippen molar-refractivity contribution in [1.29, 1.82) is 0 Å². The van der Waals surface area contributed by atoms with E-state index in [-0.39, 0.29) is 5.91 Å². The molecule has 0 spiro atoms. The number of rotatable bonds is 4. The van der Waals surface area contributed by atoms with Crippen molar-refractivity contribution in [3.05, 3.63) is 30.1 Å². The summed E-state index contributed by atoms with van der Waals surface area (Å²) >= 11 is 0. The van der Waals surface area contributed by atoms with Crippen molar-refractivity contribution in [3.8, 4) is 0 Å². The van der Waals surface area contributed by atoms with Crippen LogP contribution in [-0.2, 0) is 0 Å². The van der Waals surface area contributed by atoms with Gasteiger partial charge in [-0.25, -0.2) is 4.98 Å². The topological polar surface area (TPSA) is 61.0 Å². The molecule has 0 radical (unpaired) electrons. The average Bonchev–Trinajstić information content (AvgIpc) is 3.08. The summed E-state index contributed by atoms with van der Waals surface area (Å²) in [5.41, 5.74) is 2.46. The highest BCUT2D eigenvalue weighted by molar-refractivity contribution is 5.97. The van der Waals surface area contributed by atoms with Crippen LogP contribution in [0.15, 0.2) is 24.5 Å². The van der Waals surface area contributed by atoms with Crippen molar-refractivity contribution in [1.82, 2.24) is 20.2 Å². The van der Waals surface area contributed by atoms with Gasteiger partial charge in [0, 0.05) is 18.7 Å². The SMILES string of the molecule is O=C(NCCN1CCCC1)c1ccc2nc[nH]c2c1. The van der Waals surface area contributed by atoms with Gasteiger partial charge in [0.1, 0.15) is 0 Å². The van der Waals surface area contributed by atoms with Crippen LogP contribution in [0.5, 0.6) is 0 Å². The summed E-state index contributed by atoms with van der Waals surface area (Å²) in [7, 11) is 0. The molecule has 1 saturated heterocycles. The van der Waals surface area contributed by atoms with E-state index in [2.05, 4.69) is 20.2 Å². The summed E-state index contributed by atoms with van der Waals surface area (Å²) in [6, 6.07) is 5.52. The molecule has 0 unspecified atom stereocenters. The molecule has 1 fully saturated rings. The fourth-order valence-corrected chi connectivity index (χ4v) is 2.51. The van der Waals surface area contributed by atoms with E-state index in [1.807, 2.05) is 18.2 Å². The number of nitrogens with one attached hydrogen (secondary N) is 2. The van der Waals surface area contributed by atoms with Crippen molar-refractivity contribution in [2.24, 2.45) is 0 Å². The predicted octanol–water partition coefficient (Wildman–Crippen LogP) is 1.39.